The number of aliphatic carboxylic acids is 1. The Morgan fingerprint density at radius 2 is 1.95 bits per heavy atom. The molecular weight excluding hydrogens is 238 g/mol. The minimum atomic E-state index is -0.796. The minimum absolute atomic E-state index is 0.305. The topological polar surface area (TPSA) is 40.5 Å². The van der Waals surface area contributed by atoms with Crippen LogP contribution in [-0.4, -0.2) is 22.7 Å². The number of carboxylic acids is 1. The Bertz CT molecular complexity index is 558. The molecule has 3 nitrogen and oxygen atoms in total. The molecule has 2 rings (SSSR count). The summed E-state index contributed by atoms with van der Waals surface area (Å²) >= 11 is 0. The van der Waals surface area contributed by atoms with Gasteiger partial charge in [0.05, 0.1) is 5.54 Å². The Hall–Kier alpha value is -1.77. The van der Waals surface area contributed by atoms with Crippen molar-refractivity contribution in [3.05, 3.63) is 35.4 Å². The molecule has 0 amide bonds. The molecule has 0 spiro atoms. The number of carbonyl (C=O) groups is 1. The lowest BCUT2D eigenvalue weighted by Crippen LogP contribution is -2.53. The minimum Gasteiger partial charge on any atom is -0.480 e. The number of fused-ring (bicyclic) bond motifs is 1. The molecule has 1 N–H and O–H groups in total. The number of allylic oxidation sites excluding steroid dienone is 1. The van der Waals surface area contributed by atoms with Crippen molar-refractivity contribution in [2.75, 3.05) is 4.90 Å². The number of hydrogen-bond donors (Lipinski definition) is 1. The summed E-state index contributed by atoms with van der Waals surface area (Å²) in [4.78, 5) is 13.4. The van der Waals surface area contributed by atoms with Gasteiger partial charge in [0, 0.05) is 11.3 Å². The number of carboxylic acid groups (broad SMARTS) is 1. The monoisotopic (exact) mass is 259 g/mol. The molecule has 0 unspecified atom stereocenters. The van der Waals surface area contributed by atoms with E-state index in [1.165, 1.54) is 5.57 Å². The van der Waals surface area contributed by atoms with Crippen LogP contribution in [0.1, 0.15) is 38.8 Å². The summed E-state index contributed by atoms with van der Waals surface area (Å²) in [5.41, 5.74) is 4.19. The average Bonchev–Trinajstić information content (AvgIpc) is 2.29. The first-order valence-electron chi connectivity index (χ1n) is 6.57. The third kappa shape index (κ3) is 2.14. The Kier molecular flexibility index (Phi) is 3.17. The van der Waals surface area contributed by atoms with E-state index in [1.807, 2.05) is 24.0 Å². The van der Waals surface area contributed by atoms with E-state index in [2.05, 4.69) is 32.9 Å². The van der Waals surface area contributed by atoms with E-state index in [-0.39, 0.29) is 5.54 Å². The molecule has 0 saturated carbocycles. The molecule has 0 aliphatic carbocycles. The SMILES string of the molecule is CC1=CC(C)(C)N([C@@H](C)C(=O)O)c2c(C)cccc21. The van der Waals surface area contributed by atoms with Crippen LogP contribution in [-0.2, 0) is 4.79 Å². The molecule has 0 bridgehead atoms. The Balaban J connectivity index is 2.70. The summed E-state index contributed by atoms with van der Waals surface area (Å²) in [6.07, 6.45) is 2.15. The first-order valence-corrected chi connectivity index (χ1v) is 6.57. The summed E-state index contributed by atoms with van der Waals surface area (Å²) in [5.74, 6) is -0.796. The van der Waals surface area contributed by atoms with Crippen LogP contribution in [0.15, 0.2) is 24.3 Å². The van der Waals surface area contributed by atoms with E-state index in [0.717, 1.165) is 16.8 Å². The fourth-order valence-electron chi connectivity index (χ4n) is 3.07. The highest BCUT2D eigenvalue weighted by molar-refractivity contribution is 5.87. The van der Waals surface area contributed by atoms with Crippen LogP contribution in [0.5, 0.6) is 0 Å². The molecule has 19 heavy (non-hydrogen) atoms. The number of aryl methyl sites for hydroxylation is 1. The number of rotatable bonds is 2. The predicted octanol–water partition coefficient (Wildman–Crippen LogP) is 3.47. The number of benzene rings is 1. The van der Waals surface area contributed by atoms with Gasteiger partial charge in [0.2, 0.25) is 0 Å². The van der Waals surface area contributed by atoms with Gasteiger partial charge in [0.25, 0.3) is 0 Å². The molecule has 102 valence electrons. The molecular formula is C16H21NO2. The largest absolute Gasteiger partial charge is 0.480 e. The molecule has 0 aromatic heterocycles. The summed E-state index contributed by atoms with van der Waals surface area (Å²) in [7, 11) is 0. The zero-order valence-corrected chi connectivity index (χ0v) is 12.2. The van der Waals surface area contributed by atoms with Crippen molar-refractivity contribution in [3.8, 4) is 0 Å². The van der Waals surface area contributed by atoms with Gasteiger partial charge in [-0.3, -0.25) is 0 Å². The maximum Gasteiger partial charge on any atom is 0.326 e. The van der Waals surface area contributed by atoms with Crippen LogP contribution in [0, 0.1) is 6.92 Å². The van der Waals surface area contributed by atoms with Crippen LogP contribution in [0.25, 0.3) is 5.57 Å². The lowest BCUT2D eigenvalue weighted by molar-refractivity contribution is -0.138. The van der Waals surface area contributed by atoms with Crippen LogP contribution < -0.4 is 4.90 Å². The van der Waals surface area contributed by atoms with Crippen molar-refractivity contribution in [2.45, 2.75) is 46.2 Å². The van der Waals surface area contributed by atoms with Gasteiger partial charge < -0.3 is 10.0 Å². The zero-order valence-electron chi connectivity index (χ0n) is 12.2. The molecule has 3 heteroatoms. The van der Waals surface area contributed by atoms with Crippen molar-refractivity contribution in [3.63, 3.8) is 0 Å². The fraction of sp³-hybridized carbons (Fsp3) is 0.438. The molecule has 1 heterocycles. The van der Waals surface area contributed by atoms with Crippen LogP contribution in [0.3, 0.4) is 0 Å². The Morgan fingerprint density at radius 3 is 2.53 bits per heavy atom. The normalized spacial score (nSPS) is 18.6. The highest BCUT2D eigenvalue weighted by Gasteiger charge is 2.37. The zero-order chi connectivity index (χ0) is 14.4. The molecule has 0 radical (unpaired) electrons. The van der Waals surface area contributed by atoms with Gasteiger partial charge in [-0.1, -0.05) is 24.3 Å². The van der Waals surface area contributed by atoms with Crippen LogP contribution >= 0.6 is 0 Å². The van der Waals surface area contributed by atoms with Crippen molar-refractivity contribution in [1.29, 1.82) is 0 Å². The van der Waals surface area contributed by atoms with Gasteiger partial charge in [-0.05, 0) is 45.8 Å². The molecule has 1 aliphatic heterocycles. The van der Waals surface area contributed by atoms with Gasteiger partial charge in [-0.25, -0.2) is 4.79 Å². The van der Waals surface area contributed by atoms with Crippen LogP contribution in [0.2, 0.25) is 0 Å². The third-order valence-electron chi connectivity index (χ3n) is 3.84. The quantitative estimate of drug-likeness (QED) is 0.884. The van der Waals surface area contributed by atoms with Crippen molar-refractivity contribution in [2.24, 2.45) is 0 Å². The first kappa shape index (κ1) is 13.7. The van der Waals surface area contributed by atoms with Crippen LogP contribution in [0.4, 0.5) is 5.69 Å². The van der Waals surface area contributed by atoms with E-state index in [0.29, 0.717) is 0 Å². The van der Waals surface area contributed by atoms with E-state index >= 15 is 0 Å². The number of para-hydroxylation sites is 1. The van der Waals surface area contributed by atoms with Gasteiger partial charge in [0.1, 0.15) is 6.04 Å². The lowest BCUT2D eigenvalue weighted by Gasteiger charge is -2.46. The second-order valence-electron chi connectivity index (χ2n) is 5.84. The van der Waals surface area contributed by atoms with E-state index in [1.54, 1.807) is 6.92 Å². The molecule has 1 atom stereocenters. The van der Waals surface area contributed by atoms with Gasteiger partial charge in [0.15, 0.2) is 0 Å². The first-order chi connectivity index (χ1) is 8.75. The third-order valence-corrected chi connectivity index (χ3v) is 3.84. The Labute approximate surface area is 114 Å². The second-order valence-corrected chi connectivity index (χ2v) is 5.84. The van der Waals surface area contributed by atoms with E-state index in [9.17, 15) is 9.90 Å². The number of anilines is 1. The summed E-state index contributed by atoms with van der Waals surface area (Å²) in [6.45, 7) is 9.99. The van der Waals surface area contributed by atoms with Gasteiger partial charge in [-0.15, -0.1) is 0 Å². The summed E-state index contributed by atoms with van der Waals surface area (Å²) in [5, 5.41) is 9.39. The summed E-state index contributed by atoms with van der Waals surface area (Å²) in [6, 6.07) is 5.56. The summed E-state index contributed by atoms with van der Waals surface area (Å²) < 4.78 is 0. The number of nitrogens with zero attached hydrogens (tertiary/aromatic N) is 1. The number of hydrogen-bond acceptors (Lipinski definition) is 2. The van der Waals surface area contributed by atoms with Gasteiger partial charge in [-0.2, -0.15) is 0 Å². The van der Waals surface area contributed by atoms with Crippen molar-refractivity contribution >= 4 is 17.2 Å². The standard InChI is InChI=1S/C16H21NO2/c1-10-7-6-8-13-11(2)9-16(4,5)17(14(10)13)12(3)15(18)19/h6-9,12H,1-5H3,(H,18,19)/t12-/m0/s1. The second kappa shape index (κ2) is 4.41. The van der Waals surface area contributed by atoms with Gasteiger partial charge >= 0.3 is 5.97 Å². The molecule has 1 aromatic carbocycles. The van der Waals surface area contributed by atoms with E-state index < -0.39 is 12.0 Å². The lowest BCUT2D eigenvalue weighted by atomic mass is 9.86. The highest BCUT2D eigenvalue weighted by atomic mass is 16.4. The maximum absolute atomic E-state index is 11.4. The van der Waals surface area contributed by atoms with Crippen molar-refractivity contribution in [1.82, 2.24) is 0 Å². The highest BCUT2D eigenvalue weighted by Crippen LogP contribution is 2.41. The smallest absolute Gasteiger partial charge is 0.326 e. The Morgan fingerprint density at radius 1 is 1.32 bits per heavy atom. The fourth-order valence-corrected chi connectivity index (χ4v) is 3.07. The van der Waals surface area contributed by atoms with E-state index in [4.69, 9.17) is 0 Å². The molecule has 1 aliphatic rings. The van der Waals surface area contributed by atoms with Crippen molar-refractivity contribution < 1.29 is 9.90 Å². The maximum atomic E-state index is 11.4. The molecule has 1 aromatic rings. The molecule has 0 fully saturated rings. The molecule has 0 saturated heterocycles. The predicted molar refractivity (Wildman–Crippen MR) is 78.5 cm³/mol. The average molecular weight is 259 g/mol.